The molecule has 1 aromatic carbocycles. The van der Waals surface area contributed by atoms with Gasteiger partial charge in [0.2, 0.25) is 0 Å². The zero-order valence-corrected chi connectivity index (χ0v) is 12.7. The maximum Gasteiger partial charge on any atom is 0.317 e. The Morgan fingerprint density at radius 3 is 2.55 bits per heavy atom. The van der Waals surface area contributed by atoms with Crippen molar-refractivity contribution in [2.45, 2.75) is 45.6 Å². The topological polar surface area (TPSA) is 40.5 Å². The molecule has 3 heteroatoms. The van der Waals surface area contributed by atoms with Gasteiger partial charge in [0.05, 0.1) is 6.54 Å². The van der Waals surface area contributed by atoms with Gasteiger partial charge in [-0.2, -0.15) is 0 Å². The SMILES string of the molecule is CC(C)CN(CC(=O)O)C1CCC(C)c2ccccc21. The highest BCUT2D eigenvalue weighted by atomic mass is 16.4. The first-order valence-electron chi connectivity index (χ1n) is 7.53. The smallest absolute Gasteiger partial charge is 0.317 e. The second kappa shape index (κ2) is 6.40. The first-order chi connectivity index (χ1) is 9.49. The summed E-state index contributed by atoms with van der Waals surface area (Å²) in [5, 5.41) is 9.19. The highest BCUT2D eigenvalue weighted by molar-refractivity contribution is 5.69. The number of hydrogen-bond acceptors (Lipinski definition) is 2. The number of nitrogens with zero attached hydrogens (tertiary/aromatic N) is 1. The molecule has 0 heterocycles. The highest BCUT2D eigenvalue weighted by Gasteiger charge is 2.30. The molecule has 1 aliphatic carbocycles. The molecule has 2 unspecified atom stereocenters. The normalized spacial score (nSPS) is 22.1. The molecule has 0 spiro atoms. The van der Waals surface area contributed by atoms with E-state index in [1.165, 1.54) is 11.1 Å². The Balaban J connectivity index is 2.29. The van der Waals surface area contributed by atoms with Gasteiger partial charge in [-0.05, 0) is 35.8 Å². The first kappa shape index (κ1) is 15.0. The molecule has 0 bridgehead atoms. The summed E-state index contributed by atoms with van der Waals surface area (Å²) in [6.07, 6.45) is 2.19. The molecule has 0 saturated carbocycles. The van der Waals surface area contributed by atoms with Crippen LogP contribution in [-0.4, -0.2) is 29.1 Å². The average molecular weight is 275 g/mol. The zero-order valence-electron chi connectivity index (χ0n) is 12.7. The Hall–Kier alpha value is -1.35. The fraction of sp³-hybridized carbons (Fsp3) is 0.588. The monoisotopic (exact) mass is 275 g/mol. The number of hydrogen-bond donors (Lipinski definition) is 1. The van der Waals surface area contributed by atoms with E-state index in [1.54, 1.807) is 0 Å². The summed E-state index contributed by atoms with van der Waals surface area (Å²) in [7, 11) is 0. The fourth-order valence-electron chi connectivity index (χ4n) is 3.31. The van der Waals surface area contributed by atoms with E-state index < -0.39 is 5.97 Å². The van der Waals surface area contributed by atoms with Crippen molar-refractivity contribution in [1.82, 2.24) is 4.90 Å². The Bertz CT molecular complexity index is 470. The van der Waals surface area contributed by atoms with E-state index in [0.29, 0.717) is 11.8 Å². The van der Waals surface area contributed by atoms with E-state index >= 15 is 0 Å². The first-order valence-corrected chi connectivity index (χ1v) is 7.53. The van der Waals surface area contributed by atoms with Crippen molar-refractivity contribution in [2.75, 3.05) is 13.1 Å². The van der Waals surface area contributed by atoms with E-state index in [9.17, 15) is 9.90 Å². The van der Waals surface area contributed by atoms with Crippen molar-refractivity contribution in [3.05, 3.63) is 35.4 Å². The van der Waals surface area contributed by atoms with Crippen LogP contribution in [0.1, 0.15) is 56.7 Å². The van der Waals surface area contributed by atoms with Gasteiger partial charge in [0.25, 0.3) is 0 Å². The Kier molecular flexibility index (Phi) is 4.81. The fourth-order valence-corrected chi connectivity index (χ4v) is 3.31. The lowest BCUT2D eigenvalue weighted by Crippen LogP contribution is -2.38. The molecule has 0 radical (unpaired) electrons. The lowest BCUT2D eigenvalue weighted by atomic mass is 9.80. The van der Waals surface area contributed by atoms with Crippen LogP contribution >= 0.6 is 0 Å². The number of rotatable bonds is 5. The van der Waals surface area contributed by atoms with E-state index in [1.807, 2.05) is 0 Å². The summed E-state index contributed by atoms with van der Waals surface area (Å²) in [5.74, 6) is 0.316. The molecule has 1 aromatic rings. The highest BCUT2D eigenvalue weighted by Crippen LogP contribution is 2.40. The summed E-state index contributed by atoms with van der Waals surface area (Å²) >= 11 is 0. The van der Waals surface area contributed by atoms with Gasteiger partial charge in [0, 0.05) is 12.6 Å². The van der Waals surface area contributed by atoms with E-state index in [-0.39, 0.29) is 12.6 Å². The third-order valence-electron chi connectivity index (χ3n) is 4.14. The molecule has 0 saturated heterocycles. The van der Waals surface area contributed by atoms with Crippen LogP contribution in [0, 0.1) is 5.92 Å². The third kappa shape index (κ3) is 3.40. The van der Waals surface area contributed by atoms with E-state index in [2.05, 4.69) is 49.9 Å². The number of carboxylic acid groups (broad SMARTS) is 1. The molecule has 2 rings (SSSR count). The van der Waals surface area contributed by atoms with Crippen LogP contribution < -0.4 is 0 Å². The number of carbonyl (C=O) groups is 1. The lowest BCUT2D eigenvalue weighted by molar-refractivity contribution is -0.139. The minimum absolute atomic E-state index is 0.131. The van der Waals surface area contributed by atoms with Crippen molar-refractivity contribution in [3.63, 3.8) is 0 Å². The van der Waals surface area contributed by atoms with Crippen molar-refractivity contribution in [2.24, 2.45) is 5.92 Å². The Labute approximate surface area is 121 Å². The van der Waals surface area contributed by atoms with Crippen molar-refractivity contribution >= 4 is 5.97 Å². The summed E-state index contributed by atoms with van der Waals surface area (Å²) in [5.41, 5.74) is 2.72. The standard InChI is InChI=1S/C17H25NO2/c1-12(2)10-18(11-17(19)20)16-9-8-13(3)14-6-4-5-7-15(14)16/h4-7,12-13,16H,8-11H2,1-3H3,(H,19,20). The molecular formula is C17H25NO2. The number of carboxylic acids is 1. The minimum atomic E-state index is -0.734. The van der Waals surface area contributed by atoms with Crippen LogP contribution in [0.25, 0.3) is 0 Å². The molecule has 110 valence electrons. The zero-order chi connectivity index (χ0) is 14.7. The summed E-state index contributed by atoms with van der Waals surface area (Å²) in [4.78, 5) is 13.3. The van der Waals surface area contributed by atoms with Gasteiger partial charge >= 0.3 is 5.97 Å². The maximum atomic E-state index is 11.2. The number of fused-ring (bicyclic) bond motifs is 1. The van der Waals surface area contributed by atoms with Crippen LogP contribution in [0.4, 0.5) is 0 Å². The minimum Gasteiger partial charge on any atom is -0.480 e. The number of benzene rings is 1. The maximum absolute atomic E-state index is 11.2. The molecule has 1 aliphatic rings. The molecule has 0 fully saturated rings. The van der Waals surface area contributed by atoms with Gasteiger partial charge in [0.1, 0.15) is 0 Å². The van der Waals surface area contributed by atoms with Crippen LogP contribution in [-0.2, 0) is 4.79 Å². The van der Waals surface area contributed by atoms with Gasteiger partial charge in [-0.3, -0.25) is 9.69 Å². The molecule has 0 aromatic heterocycles. The van der Waals surface area contributed by atoms with Gasteiger partial charge in [0.15, 0.2) is 0 Å². The van der Waals surface area contributed by atoms with Crippen molar-refractivity contribution in [3.8, 4) is 0 Å². The summed E-state index contributed by atoms with van der Waals surface area (Å²) in [6.45, 7) is 7.52. The predicted octanol–water partition coefficient (Wildman–Crippen LogP) is 3.67. The second-order valence-electron chi connectivity index (χ2n) is 6.34. The van der Waals surface area contributed by atoms with Crippen LogP contribution in [0.3, 0.4) is 0 Å². The Morgan fingerprint density at radius 1 is 1.30 bits per heavy atom. The predicted molar refractivity (Wildman–Crippen MR) is 80.9 cm³/mol. The van der Waals surface area contributed by atoms with E-state index in [0.717, 1.165) is 19.4 Å². The largest absolute Gasteiger partial charge is 0.480 e. The quantitative estimate of drug-likeness (QED) is 0.891. The molecule has 3 nitrogen and oxygen atoms in total. The average Bonchev–Trinajstić information content (AvgIpc) is 2.37. The van der Waals surface area contributed by atoms with Gasteiger partial charge in [-0.15, -0.1) is 0 Å². The van der Waals surface area contributed by atoms with E-state index in [4.69, 9.17) is 0 Å². The van der Waals surface area contributed by atoms with Crippen LogP contribution in [0.5, 0.6) is 0 Å². The van der Waals surface area contributed by atoms with Crippen LogP contribution in [0.15, 0.2) is 24.3 Å². The molecule has 1 N–H and O–H groups in total. The summed E-state index contributed by atoms with van der Waals surface area (Å²) in [6, 6.07) is 8.77. The van der Waals surface area contributed by atoms with Gasteiger partial charge in [-0.25, -0.2) is 0 Å². The molecule has 20 heavy (non-hydrogen) atoms. The van der Waals surface area contributed by atoms with Gasteiger partial charge in [-0.1, -0.05) is 45.0 Å². The lowest BCUT2D eigenvalue weighted by Gasteiger charge is -2.38. The summed E-state index contributed by atoms with van der Waals surface area (Å²) < 4.78 is 0. The Morgan fingerprint density at radius 2 is 1.95 bits per heavy atom. The molecule has 2 atom stereocenters. The second-order valence-corrected chi connectivity index (χ2v) is 6.34. The molecule has 0 aliphatic heterocycles. The molecular weight excluding hydrogens is 250 g/mol. The molecule has 0 amide bonds. The van der Waals surface area contributed by atoms with Crippen molar-refractivity contribution in [1.29, 1.82) is 0 Å². The van der Waals surface area contributed by atoms with Gasteiger partial charge < -0.3 is 5.11 Å². The third-order valence-corrected chi connectivity index (χ3v) is 4.14. The van der Waals surface area contributed by atoms with Crippen molar-refractivity contribution < 1.29 is 9.90 Å². The van der Waals surface area contributed by atoms with Crippen LogP contribution in [0.2, 0.25) is 0 Å². The number of aliphatic carboxylic acids is 1.